The number of rotatable bonds is 5. The van der Waals surface area contributed by atoms with Crippen LogP contribution in [0, 0.1) is 0 Å². The average Bonchev–Trinajstić information content (AvgIpc) is 2.70. The number of benzene rings is 1. The van der Waals surface area contributed by atoms with Gasteiger partial charge in [-0.25, -0.2) is 4.98 Å². The molecule has 0 unspecified atom stereocenters. The van der Waals surface area contributed by atoms with Crippen LogP contribution in [0.1, 0.15) is 44.6 Å². The highest BCUT2D eigenvalue weighted by atomic mass is 16.3. The van der Waals surface area contributed by atoms with E-state index in [2.05, 4.69) is 24.9 Å². The van der Waals surface area contributed by atoms with Crippen LogP contribution in [0.5, 0.6) is 0 Å². The minimum absolute atomic E-state index is 0.712. The molecule has 2 aromatic rings. The Bertz CT molecular complexity index is 502. The van der Waals surface area contributed by atoms with Crippen molar-refractivity contribution in [3.63, 3.8) is 0 Å². The molecule has 0 aliphatic rings. The summed E-state index contributed by atoms with van der Waals surface area (Å²) in [4.78, 5) is 4.49. The first-order chi connectivity index (χ1) is 8.24. The number of hydrogen-bond donors (Lipinski definition) is 1. The molecule has 0 amide bonds. The lowest BCUT2D eigenvalue weighted by molar-refractivity contribution is 0.526. The van der Waals surface area contributed by atoms with Gasteiger partial charge in [-0.1, -0.05) is 20.3 Å². The van der Waals surface area contributed by atoms with Gasteiger partial charge in [-0.3, -0.25) is 0 Å². The van der Waals surface area contributed by atoms with Gasteiger partial charge in [0.05, 0.1) is 5.69 Å². The highest BCUT2D eigenvalue weighted by Crippen LogP contribution is 2.25. The van der Waals surface area contributed by atoms with Crippen LogP contribution >= 0.6 is 0 Å². The number of nitrogens with two attached hydrogens (primary N) is 1. The van der Waals surface area contributed by atoms with Crippen LogP contribution in [0.4, 0.5) is 5.69 Å². The van der Waals surface area contributed by atoms with Crippen molar-refractivity contribution in [3.8, 4) is 0 Å². The maximum atomic E-state index is 6.00. The summed E-state index contributed by atoms with van der Waals surface area (Å²) in [6, 6.07) is 4.11. The number of aromatic nitrogens is 1. The van der Waals surface area contributed by atoms with Gasteiger partial charge in [0.15, 0.2) is 11.5 Å². The van der Waals surface area contributed by atoms with Gasteiger partial charge in [-0.05, 0) is 37.0 Å². The van der Waals surface area contributed by atoms with Crippen molar-refractivity contribution < 1.29 is 4.42 Å². The molecule has 17 heavy (non-hydrogen) atoms. The fraction of sp³-hybridized carbons (Fsp3) is 0.500. The van der Waals surface area contributed by atoms with Crippen molar-refractivity contribution >= 4 is 16.8 Å². The third kappa shape index (κ3) is 2.60. The van der Waals surface area contributed by atoms with Gasteiger partial charge in [0.25, 0.3) is 0 Å². The largest absolute Gasteiger partial charge is 0.439 e. The molecule has 0 saturated carbocycles. The fourth-order valence-corrected chi connectivity index (χ4v) is 2.01. The van der Waals surface area contributed by atoms with E-state index in [1.807, 2.05) is 6.07 Å². The molecule has 1 aromatic heterocycles. The first-order valence-corrected chi connectivity index (χ1v) is 6.42. The van der Waals surface area contributed by atoms with Gasteiger partial charge in [0.2, 0.25) is 0 Å². The molecule has 1 heterocycles. The number of fused-ring (bicyclic) bond motifs is 1. The van der Waals surface area contributed by atoms with E-state index in [-0.39, 0.29) is 0 Å². The van der Waals surface area contributed by atoms with Crippen molar-refractivity contribution in [2.75, 3.05) is 5.73 Å². The fourth-order valence-electron chi connectivity index (χ4n) is 2.01. The Morgan fingerprint density at radius 3 is 2.71 bits per heavy atom. The van der Waals surface area contributed by atoms with E-state index in [1.54, 1.807) is 0 Å². The van der Waals surface area contributed by atoms with E-state index in [9.17, 15) is 0 Å². The molecule has 2 rings (SSSR count). The Morgan fingerprint density at radius 1 is 1.18 bits per heavy atom. The zero-order chi connectivity index (χ0) is 12.3. The molecule has 0 saturated heterocycles. The van der Waals surface area contributed by atoms with Crippen LogP contribution in [-0.2, 0) is 12.8 Å². The normalized spacial score (nSPS) is 11.2. The number of aryl methyl sites for hydroxylation is 2. The minimum atomic E-state index is 0.712. The van der Waals surface area contributed by atoms with E-state index >= 15 is 0 Å². The Labute approximate surface area is 102 Å². The van der Waals surface area contributed by atoms with E-state index in [4.69, 9.17) is 10.2 Å². The van der Waals surface area contributed by atoms with Crippen LogP contribution in [-0.4, -0.2) is 4.98 Å². The molecule has 1 aromatic carbocycles. The summed E-state index contributed by atoms with van der Waals surface area (Å²) in [5, 5.41) is 0. The Kier molecular flexibility index (Phi) is 3.67. The number of unbranched alkanes of at least 4 members (excludes halogenated alkanes) is 1. The first kappa shape index (κ1) is 12.0. The monoisotopic (exact) mass is 232 g/mol. The lowest BCUT2D eigenvalue weighted by atomic mass is 10.1. The van der Waals surface area contributed by atoms with Gasteiger partial charge < -0.3 is 10.2 Å². The number of nitrogens with zero attached hydrogens (tertiary/aromatic N) is 1. The molecule has 0 aliphatic carbocycles. The van der Waals surface area contributed by atoms with Crippen LogP contribution < -0.4 is 5.73 Å². The van der Waals surface area contributed by atoms with Gasteiger partial charge in [-0.15, -0.1) is 0 Å². The van der Waals surface area contributed by atoms with Crippen LogP contribution in [0.3, 0.4) is 0 Å². The molecule has 0 radical (unpaired) electrons. The van der Waals surface area contributed by atoms with E-state index in [0.717, 1.165) is 36.3 Å². The zero-order valence-corrected chi connectivity index (χ0v) is 10.6. The topological polar surface area (TPSA) is 52.0 Å². The molecule has 3 heteroatoms. The summed E-state index contributed by atoms with van der Waals surface area (Å²) in [5.41, 5.74) is 9.62. The summed E-state index contributed by atoms with van der Waals surface area (Å²) in [7, 11) is 0. The van der Waals surface area contributed by atoms with Gasteiger partial charge in [-0.2, -0.15) is 0 Å². The van der Waals surface area contributed by atoms with Crippen molar-refractivity contribution in [2.24, 2.45) is 0 Å². The quantitative estimate of drug-likeness (QED) is 0.799. The van der Waals surface area contributed by atoms with E-state index < -0.39 is 0 Å². The smallest absolute Gasteiger partial charge is 0.195 e. The number of nitrogen functional groups attached to an aromatic ring is 1. The second-order valence-electron chi connectivity index (χ2n) is 4.49. The molecule has 2 N–H and O–H groups in total. The molecule has 0 atom stereocenters. The molecule has 3 nitrogen and oxygen atoms in total. The van der Waals surface area contributed by atoms with Crippen molar-refractivity contribution in [2.45, 2.75) is 46.0 Å². The maximum Gasteiger partial charge on any atom is 0.195 e. The standard InChI is InChI=1S/C14H20N2O/c1-3-5-7-10-8-11(15)14-12(9-10)16-13(17-14)6-4-2/h8-9H,3-7,15H2,1-2H3. The van der Waals surface area contributed by atoms with Gasteiger partial charge >= 0.3 is 0 Å². The Balaban J connectivity index is 2.35. The second kappa shape index (κ2) is 5.21. The average molecular weight is 232 g/mol. The van der Waals surface area contributed by atoms with E-state index in [0.29, 0.717) is 5.69 Å². The second-order valence-corrected chi connectivity index (χ2v) is 4.49. The summed E-state index contributed by atoms with van der Waals surface area (Å²) < 4.78 is 5.66. The highest BCUT2D eigenvalue weighted by Gasteiger charge is 2.09. The molecule has 0 fully saturated rings. The number of hydrogen-bond acceptors (Lipinski definition) is 3. The predicted molar refractivity (Wildman–Crippen MR) is 71.0 cm³/mol. The number of anilines is 1. The lowest BCUT2D eigenvalue weighted by Gasteiger charge is -2.01. The van der Waals surface area contributed by atoms with Crippen LogP contribution in [0.15, 0.2) is 16.5 Å². The molecule has 0 bridgehead atoms. The zero-order valence-electron chi connectivity index (χ0n) is 10.6. The molecule has 0 spiro atoms. The lowest BCUT2D eigenvalue weighted by Crippen LogP contribution is -1.90. The first-order valence-electron chi connectivity index (χ1n) is 6.42. The van der Waals surface area contributed by atoms with Gasteiger partial charge in [0.1, 0.15) is 5.52 Å². The van der Waals surface area contributed by atoms with Crippen molar-refractivity contribution in [1.29, 1.82) is 0 Å². The molecular weight excluding hydrogens is 212 g/mol. The van der Waals surface area contributed by atoms with Crippen molar-refractivity contribution in [3.05, 3.63) is 23.6 Å². The van der Waals surface area contributed by atoms with E-state index in [1.165, 1.54) is 18.4 Å². The summed E-state index contributed by atoms with van der Waals surface area (Å²) >= 11 is 0. The van der Waals surface area contributed by atoms with Crippen molar-refractivity contribution in [1.82, 2.24) is 4.98 Å². The predicted octanol–water partition coefficient (Wildman–Crippen LogP) is 3.71. The summed E-state index contributed by atoms with van der Waals surface area (Å²) in [5.74, 6) is 0.793. The van der Waals surface area contributed by atoms with Gasteiger partial charge in [0, 0.05) is 6.42 Å². The summed E-state index contributed by atoms with van der Waals surface area (Å²) in [6.45, 7) is 4.31. The summed E-state index contributed by atoms with van der Waals surface area (Å²) in [6.07, 6.45) is 5.35. The highest BCUT2D eigenvalue weighted by molar-refractivity contribution is 5.85. The third-order valence-electron chi connectivity index (χ3n) is 2.91. The third-order valence-corrected chi connectivity index (χ3v) is 2.91. The van der Waals surface area contributed by atoms with Crippen LogP contribution in [0.2, 0.25) is 0 Å². The Morgan fingerprint density at radius 2 is 2.00 bits per heavy atom. The molecule has 0 aliphatic heterocycles. The maximum absolute atomic E-state index is 6.00. The molecular formula is C14H20N2O. The number of oxazole rings is 1. The molecule has 92 valence electrons. The SMILES string of the molecule is CCCCc1cc(N)c2oc(CCC)nc2c1. The Hall–Kier alpha value is -1.51. The van der Waals surface area contributed by atoms with Crippen LogP contribution in [0.25, 0.3) is 11.1 Å². The minimum Gasteiger partial charge on any atom is -0.439 e.